The highest BCUT2D eigenvalue weighted by atomic mass is 14.6. The predicted molar refractivity (Wildman–Crippen MR) is 49.4 cm³/mol. The summed E-state index contributed by atoms with van der Waals surface area (Å²) in [6, 6.07) is 0. The molecule has 0 spiro atoms. The third-order valence-corrected chi connectivity index (χ3v) is 3.39. The summed E-state index contributed by atoms with van der Waals surface area (Å²) in [7, 11) is 0. The summed E-state index contributed by atoms with van der Waals surface area (Å²) in [5.41, 5.74) is 6.33. The van der Waals surface area contributed by atoms with Crippen molar-refractivity contribution < 1.29 is 0 Å². The van der Waals surface area contributed by atoms with Crippen LogP contribution in [0.5, 0.6) is 0 Å². The van der Waals surface area contributed by atoms with E-state index in [0.29, 0.717) is 5.41 Å². The molecule has 66 valence electrons. The van der Waals surface area contributed by atoms with Gasteiger partial charge in [-0.1, -0.05) is 26.7 Å². The maximum Gasteiger partial charge on any atom is -0.00437 e. The van der Waals surface area contributed by atoms with Crippen molar-refractivity contribution in [1.29, 1.82) is 0 Å². The van der Waals surface area contributed by atoms with Gasteiger partial charge in [0.15, 0.2) is 0 Å². The van der Waals surface area contributed by atoms with E-state index in [-0.39, 0.29) is 0 Å². The zero-order valence-corrected chi connectivity index (χ0v) is 7.90. The molecule has 0 aliphatic heterocycles. The van der Waals surface area contributed by atoms with Crippen molar-refractivity contribution in [1.82, 2.24) is 0 Å². The maximum atomic E-state index is 5.74. The Kier molecular flexibility index (Phi) is 2.94. The number of rotatable bonds is 3. The first-order valence-corrected chi connectivity index (χ1v) is 4.93. The topological polar surface area (TPSA) is 26.0 Å². The van der Waals surface area contributed by atoms with Crippen LogP contribution < -0.4 is 5.73 Å². The summed E-state index contributed by atoms with van der Waals surface area (Å²) < 4.78 is 0. The van der Waals surface area contributed by atoms with Gasteiger partial charge in [-0.3, -0.25) is 0 Å². The molecule has 1 heteroatoms. The molecule has 0 amide bonds. The SMILES string of the molecule is CCCC1(C)CCCC1CN. The Hall–Kier alpha value is -0.0400. The van der Waals surface area contributed by atoms with Crippen molar-refractivity contribution in [3.63, 3.8) is 0 Å². The van der Waals surface area contributed by atoms with Crippen molar-refractivity contribution in [2.45, 2.75) is 46.0 Å². The Balaban J connectivity index is 2.51. The van der Waals surface area contributed by atoms with Crippen molar-refractivity contribution in [3.05, 3.63) is 0 Å². The lowest BCUT2D eigenvalue weighted by Crippen LogP contribution is -2.27. The highest BCUT2D eigenvalue weighted by Crippen LogP contribution is 2.45. The van der Waals surface area contributed by atoms with Crippen molar-refractivity contribution >= 4 is 0 Å². The molecule has 1 nitrogen and oxygen atoms in total. The molecule has 0 radical (unpaired) electrons. The lowest BCUT2D eigenvalue weighted by atomic mass is 9.76. The maximum absolute atomic E-state index is 5.74. The summed E-state index contributed by atoms with van der Waals surface area (Å²) in [5.74, 6) is 0.808. The molecular formula is C10H21N. The molecule has 0 aromatic carbocycles. The van der Waals surface area contributed by atoms with Crippen LogP contribution in [0.4, 0.5) is 0 Å². The standard InChI is InChI=1S/C10H21N/c1-3-6-10(2)7-4-5-9(10)8-11/h9H,3-8,11H2,1-2H3. The van der Waals surface area contributed by atoms with Gasteiger partial charge in [-0.25, -0.2) is 0 Å². The molecule has 0 saturated heterocycles. The van der Waals surface area contributed by atoms with Gasteiger partial charge >= 0.3 is 0 Å². The Morgan fingerprint density at radius 2 is 2.27 bits per heavy atom. The molecule has 2 N–H and O–H groups in total. The van der Waals surface area contributed by atoms with E-state index < -0.39 is 0 Å². The van der Waals surface area contributed by atoms with E-state index in [2.05, 4.69) is 13.8 Å². The van der Waals surface area contributed by atoms with Gasteiger partial charge in [0.05, 0.1) is 0 Å². The highest BCUT2D eigenvalue weighted by Gasteiger charge is 2.36. The normalized spacial score (nSPS) is 37.9. The fourth-order valence-corrected chi connectivity index (χ4v) is 2.61. The molecule has 0 aromatic rings. The van der Waals surface area contributed by atoms with Gasteiger partial charge in [-0.15, -0.1) is 0 Å². The van der Waals surface area contributed by atoms with Crippen LogP contribution in [0, 0.1) is 11.3 Å². The van der Waals surface area contributed by atoms with E-state index in [1.807, 2.05) is 0 Å². The summed E-state index contributed by atoms with van der Waals surface area (Å²) in [6.07, 6.45) is 6.86. The largest absolute Gasteiger partial charge is 0.330 e. The second-order valence-corrected chi connectivity index (χ2v) is 4.23. The molecule has 11 heavy (non-hydrogen) atoms. The second kappa shape index (κ2) is 3.57. The highest BCUT2D eigenvalue weighted by molar-refractivity contribution is 4.88. The van der Waals surface area contributed by atoms with E-state index in [1.54, 1.807) is 0 Å². The lowest BCUT2D eigenvalue weighted by Gasteiger charge is -2.30. The third-order valence-electron chi connectivity index (χ3n) is 3.39. The first-order chi connectivity index (χ1) is 5.23. The molecule has 0 heterocycles. The molecular weight excluding hydrogens is 134 g/mol. The molecule has 1 aliphatic carbocycles. The van der Waals surface area contributed by atoms with Crippen LogP contribution in [0.2, 0.25) is 0 Å². The van der Waals surface area contributed by atoms with Crippen molar-refractivity contribution in [2.24, 2.45) is 17.1 Å². The molecule has 2 unspecified atom stereocenters. The van der Waals surface area contributed by atoms with Crippen LogP contribution in [0.15, 0.2) is 0 Å². The first kappa shape index (κ1) is 9.05. The van der Waals surface area contributed by atoms with Crippen LogP contribution in [-0.4, -0.2) is 6.54 Å². The third kappa shape index (κ3) is 1.76. The van der Waals surface area contributed by atoms with E-state index in [0.717, 1.165) is 12.5 Å². The smallest absolute Gasteiger partial charge is 0.00437 e. The van der Waals surface area contributed by atoms with Crippen LogP contribution in [0.25, 0.3) is 0 Å². The molecule has 1 saturated carbocycles. The van der Waals surface area contributed by atoms with Crippen LogP contribution in [-0.2, 0) is 0 Å². The van der Waals surface area contributed by atoms with E-state index in [4.69, 9.17) is 5.73 Å². The molecule has 1 aliphatic rings. The average Bonchev–Trinajstić information content (AvgIpc) is 2.31. The van der Waals surface area contributed by atoms with Crippen molar-refractivity contribution in [3.8, 4) is 0 Å². The second-order valence-electron chi connectivity index (χ2n) is 4.23. The van der Waals surface area contributed by atoms with Gasteiger partial charge in [0, 0.05) is 0 Å². The quantitative estimate of drug-likeness (QED) is 0.666. The molecule has 0 bridgehead atoms. The molecule has 2 atom stereocenters. The van der Waals surface area contributed by atoms with Gasteiger partial charge in [0.25, 0.3) is 0 Å². The number of hydrogen-bond acceptors (Lipinski definition) is 1. The number of nitrogens with two attached hydrogens (primary N) is 1. The van der Waals surface area contributed by atoms with Gasteiger partial charge in [0.2, 0.25) is 0 Å². The zero-order valence-electron chi connectivity index (χ0n) is 7.90. The molecule has 0 aromatic heterocycles. The summed E-state index contributed by atoms with van der Waals surface area (Å²) in [4.78, 5) is 0. The fourth-order valence-electron chi connectivity index (χ4n) is 2.61. The molecule has 1 fully saturated rings. The van der Waals surface area contributed by atoms with Crippen LogP contribution in [0.1, 0.15) is 46.0 Å². The lowest BCUT2D eigenvalue weighted by molar-refractivity contribution is 0.213. The minimum Gasteiger partial charge on any atom is -0.330 e. The minimum absolute atomic E-state index is 0.587. The Labute approximate surface area is 70.4 Å². The Morgan fingerprint density at radius 1 is 1.55 bits per heavy atom. The minimum atomic E-state index is 0.587. The van der Waals surface area contributed by atoms with Gasteiger partial charge < -0.3 is 5.73 Å². The summed E-state index contributed by atoms with van der Waals surface area (Å²) >= 11 is 0. The van der Waals surface area contributed by atoms with E-state index >= 15 is 0 Å². The van der Waals surface area contributed by atoms with E-state index in [9.17, 15) is 0 Å². The van der Waals surface area contributed by atoms with Crippen molar-refractivity contribution in [2.75, 3.05) is 6.54 Å². The summed E-state index contributed by atoms with van der Waals surface area (Å²) in [6.45, 7) is 5.59. The monoisotopic (exact) mass is 155 g/mol. The predicted octanol–water partition coefficient (Wildman–Crippen LogP) is 2.55. The first-order valence-electron chi connectivity index (χ1n) is 4.93. The van der Waals surface area contributed by atoms with Gasteiger partial charge in [-0.2, -0.15) is 0 Å². The summed E-state index contributed by atoms with van der Waals surface area (Å²) in [5, 5.41) is 0. The van der Waals surface area contributed by atoms with Gasteiger partial charge in [0.1, 0.15) is 0 Å². The van der Waals surface area contributed by atoms with Crippen LogP contribution >= 0.6 is 0 Å². The van der Waals surface area contributed by atoms with Crippen LogP contribution in [0.3, 0.4) is 0 Å². The Bertz CT molecular complexity index is 122. The van der Waals surface area contributed by atoms with E-state index in [1.165, 1.54) is 32.1 Å². The average molecular weight is 155 g/mol. The number of hydrogen-bond donors (Lipinski definition) is 1. The fraction of sp³-hybridized carbons (Fsp3) is 1.00. The van der Waals surface area contributed by atoms with Gasteiger partial charge in [-0.05, 0) is 37.1 Å². The molecule has 1 rings (SSSR count). The Morgan fingerprint density at radius 3 is 2.82 bits per heavy atom. The zero-order chi connectivity index (χ0) is 8.32.